The quantitative estimate of drug-likeness (QED) is 0.598. The summed E-state index contributed by atoms with van der Waals surface area (Å²) in [4.78, 5) is 19.2. The van der Waals surface area contributed by atoms with E-state index >= 15 is 0 Å². The molecule has 5 nitrogen and oxygen atoms in total. The van der Waals surface area contributed by atoms with E-state index in [1.807, 2.05) is 36.4 Å². The number of carbonyl (C=O) groups excluding carboxylic acids is 1. The molecular weight excluding hydrogens is 374 g/mol. The summed E-state index contributed by atoms with van der Waals surface area (Å²) in [5, 5.41) is 3.06. The molecule has 1 aromatic heterocycles. The second-order valence-electron chi connectivity index (χ2n) is 7.87. The van der Waals surface area contributed by atoms with Crippen molar-refractivity contribution < 1.29 is 9.21 Å². The molecule has 2 aromatic carbocycles. The SMILES string of the molecule is O=C(CCc1ncc(-c2ccccc2)o1)NCc1ccccc1CN1CCCCC1. The number of amides is 1. The van der Waals surface area contributed by atoms with Crippen LogP contribution in [0.3, 0.4) is 0 Å². The number of likely N-dealkylation sites (tertiary alicyclic amines) is 1. The van der Waals surface area contributed by atoms with Crippen LogP contribution >= 0.6 is 0 Å². The molecule has 0 bridgehead atoms. The average molecular weight is 404 g/mol. The number of carbonyl (C=O) groups is 1. The topological polar surface area (TPSA) is 58.4 Å². The van der Waals surface area contributed by atoms with Crippen LogP contribution in [0, 0.1) is 0 Å². The molecular formula is C25H29N3O2. The van der Waals surface area contributed by atoms with Gasteiger partial charge in [-0.25, -0.2) is 4.98 Å². The lowest BCUT2D eigenvalue weighted by Crippen LogP contribution is -2.30. The van der Waals surface area contributed by atoms with Crippen LogP contribution in [0.1, 0.15) is 42.7 Å². The third-order valence-corrected chi connectivity index (χ3v) is 5.61. The van der Waals surface area contributed by atoms with Gasteiger partial charge in [0, 0.05) is 31.5 Å². The van der Waals surface area contributed by atoms with Gasteiger partial charge in [-0.2, -0.15) is 0 Å². The first-order valence-electron chi connectivity index (χ1n) is 10.8. The van der Waals surface area contributed by atoms with Crippen LogP contribution in [0.4, 0.5) is 0 Å². The second kappa shape index (κ2) is 10.2. The number of piperidine rings is 1. The van der Waals surface area contributed by atoms with Gasteiger partial charge in [0.05, 0.1) is 6.20 Å². The summed E-state index contributed by atoms with van der Waals surface area (Å²) in [5.41, 5.74) is 3.49. The highest BCUT2D eigenvalue weighted by molar-refractivity contribution is 5.76. The predicted molar refractivity (Wildman–Crippen MR) is 118 cm³/mol. The number of hydrogen-bond donors (Lipinski definition) is 1. The van der Waals surface area contributed by atoms with E-state index < -0.39 is 0 Å². The van der Waals surface area contributed by atoms with Crippen molar-refractivity contribution in [2.45, 2.75) is 45.2 Å². The molecule has 0 radical (unpaired) electrons. The molecule has 4 rings (SSSR count). The maximum atomic E-state index is 12.4. The van der Waals surface area contributed by atoms with Crippen LogP contribution in [0.15, 0.2) is 65.2 Å². The van der Waals surface area contributed by atoms with Crippen LogP contribution in [0.2, 0.25) is 0 Å². The Morgan fingerprint density at radius 2 is 1.70 bits per heavy atom. The summed E-state index contributed by atoms with van der Waals surface area (Å²) < 4.78 is 5.79. The number of rotatable bonds is 8. The van der Waals surface area contributed by atoms with Gasteiger partial charge in [0.1, 0.15) is 0 Å². The smallest absolute Gasteiger partial charge is 0.220 e. The zero-order valence-corrected chi connectivity index (χ0v) is 17.3. The van der Waals surface area contributed by atoms with Crippen molar-refractivity contribution in [2.24, 2.45) is 0 Å². The maximum Gasteiger partial charge on any atom is 0.220 e. The van der Waals surface area contributed by atoms with Crippen molar-refractivity contribution in [1.29, 1.82) is 0 Å². The van der Waals surface area contributed by atoms with Gasteiger partial charge in [0.25, 0.3) is 0 Å². The molecule has 156 valence electrons. The summed E-state index contributed by atoms with van der Waals surface area (Å²) in [7, 11) is 0. The van der Waals surface area contributed by atoms with E-state index in [1.54, 1.807) is 6.20 Å². The highest BCUT2D eigenvalue weighted by atomic mass is 16.4. The Hall–Kier alpha value is -2.92. The van der Waals surface area contributed by atoms with E-state index in [4.69, 9.17) is 4.42 Å². The number of nitrogens with one attached hydrogen (secondary N) is 1. The minimum atomic E-state index is 0.0160. The third-order valence-electron chi connectivity index (χ3n) is 5.61. The van der Waals surface area contributed by atoms with Crippen LogP contribution in [-0.2, 0) is 24.3 Å². The lowest BCUT2D eigenvalue weighted by Gasteiger charge is -2.27. The Labute approximate surface area is 178 Å². The van der Waals surface area contributed by atoms with Crippen molar-refractivity contribution in [3.05, 3.63) is 77.8 Å². The Morgan fingerprint density at radius 3 is 2.50 bits per heavy atom. The van der Waals surface area contributed by atoms with Gasteiger partial charge in [-0.15, -0.1) is 0 Å². The maximum absolute atomic E-state index is 12.4. The third kappa shape index (κ3) is 5.57. The Morgan fingerprint density at radius 1 is 0.967 bits per heavy atom. The van der Waals surface area contributed by atoms with Crippen molar-refractivity contribution in [2.75, 3.05) is 13.1 Å². The molecule has 0 unspecified atom stereocenters. The van der Waals surface area contributed by atoms with Crippen molar-refractivity contribution in [3.8, 4) is 11.3 Å². The fraction of sp³-hybridized carbons (Fsp3) is 0.360. The first-order chi connectivity index (χ1) is 14.8. The Bertz CT molecular complexity index is 946. The molecule has 0 spiro atoms. The predicted octanol–water partition coefficient (Wildman–Crippen LogP) is 4.58. The van der Waals surface area contributed by atoms with Gasteiger partial charge in [-0.1, -0.05) is 61.0 Å². The van der Waals surface area contributed by atoms with E-state index in [0.717, 1.165) is 17.9 Å². The van der Waals surface area contributed by atoms with Gasteiger partial charge in [0.15, 0.2) is 11.7 Å². The second-order valence-corrected chi connectivity index (χ2v) is 7.87. The first kappa shape index (κ1) is 20.4. The molecule has 2 heterocycles. The molecule has 1 amide bonds. The van der Waals surface area contributed by atoms with E-state index in [9.17, 15) is 4.79 Å². The zero-order valence-electron chi connectivity index (χ0n) is 17.3. The minimum Gasteiger partial charge on any atom is -0.441 e. The lowest BCUT2D eigenvalue weighted by molar-refractivity contribution is -0.121. The number of aromatic nitrogens is 1. The van der Waals surface area contributed by atoms with Crippen molar-refractivity contribution in [3.63, 3.8) is 0 Å². The van der Waals surface area contributed by atoms with Gasteiger partial charge in [-0.3, -0.25) is 9.69 Å². The molecule has 1 fully saturated rings. The van der Waals surface area contributed by atoms with Crippen LogP contribution < -0.4 is 5.32 Å². The molecule has 1 aliphatic heterocycles. The van der Waals surface area contributed by atoms with Crippen molar-refractivity contribution in [1.82, 2.24) is 15.2 Å². The minimum absolute atomic E-state index is 0.0160. The largest absolute Gasteiger partial charge is 0.441 e. The molecule has 30 heavy (non-hydrogen) atoms. The van der Waals surface area contributed by atoms with Gasteiger partial charge in [0.2, 0.25) is 5.91 Å². The van der Waals surface area contributed by atoms with Crippen molar-refractivity contribution >= 4 is 5.91 Å². The van der Waals surface area contributed by atoms with Crippen LogP contribution in [-0.4, -0.2) is 28.9 Å². The summed E-state index contributed by atoms with van der Waals surface area (Å²) in [6.45, 7) is 3.86. The molecule has 0 aliphatic carbocycles. The molecule has 0 atom stereocenters. The molecule has 1 N–H and O–H groups in total. The van der Waals surface area contributed by atoms with Crippen LogP contribution in [0.5, 0.6) is 0 Å². The van der Waals surface area contributed by atoms with E-state index in [0.29, 0.717) is 25.3 Å². The number of nitrogens with zero attached hydrogens (tertiary/aromatic N) is 2. The average Bonchev–Trinajstić information content (AvgIpc) is 3.28. The Balaban J connectivity index is 1.27. The summed E-state index contributed by atoms with van der Waals surface area (Å²) >= 11 is 0. The lowest BCUT2D eigenvalue weighted by atomic mass is 10.0. The molecule has 0 saturated carbocycles. The fourth-order valence-electron chi connectivity index (χ4n) is 3.91. The summed E-state index contributed by atoms with van der Waals surface area (Å²) in [5.74, 6) is 1.34. The molecule has 1 saturated heterocycles. The van der Waals surface area contributed by atoms with E-state index in [1.165, 1.54) is 43.5 Å². The monoisotopic (exact) mass is 403 g/mol. The highest BCUT2D eigenvalue weighted by Gasteiger charge is 2.13. The van der Waals surface area contributed by atoms with E-state index in [2.05, 4.69) is 33.4 Å². The fourth-order valence-corrected chi connectivity index (χ4v) is 3.91. The Kier molecular flexibility index (Phi) is 6.93. The highest BCUT2D eigenvalue weighted by Crippen LogP contribution is 2.20. The molecule has 5 heteroatoms. The van der Waals surface area contributed by atoms with E-state index in [-0.39, 0.29) is 5.91 Å². The van der Waals surface area contributed by atoms with Gasteiger partial charge >= 0.3 is 0 Å². The van der Waals surface area contributed by atoms with Crippen LogP contribution in [0.25, 0.3) is 11.3 Å². The number of aryl methyl sites for hydroxylation is 1. The number of oxazole rings is 1. The van der Waals surface area contributed by atoms with Gasteiger partial charge < -0.3 is 9.73 Å². The number of benzene rings is 2. The van der Waals surface area contributed by atoms with Gasteiger partial charge in [-0.05, 0) is 37.1 Å². The number of hydrogen-bond acceptors (Lipinski definition) is 4. The summed E-state index contributed by atoms with van der Waals surface area (Å²) in [6.07, 6.45) is 6.49. The normalized spacial score (nSPS) is 14.5. The first-order valence-corrected chi connectivity index (χ1v) is 10.8. The standard InChI is InChI=1S/C25H29N3O2/c29-24(13-14-25-27-18-23(30-25)20-9-3-1-4-10-20)26-17-21-11-5-6-12-22(21)19-28-15-7-2-8-16-28/h1,3-6,9-12,18H,2,7-8,13-17,19H2,(H,26,29). The summed E-state index contributed by atoms with van der Waals surface area (Å²) in [6, 6.07) is 18.3. The molecule has 1 aliphatic rings. The zero-order chi connectivity index (χ0) is 20.6. The molecule has 3 aromatic rings.